The van der Waals surface area contributed by atoms with E-state index >= 15 is 0 Å². The summed E-state index contributed by atoms with van der Waals surface area (Å²) in [4.78, 5) is 12.0. The van der Waals surface area contributed by atoms with E-state index in [1.807, 2.05) is 32.0 Å². The third-order valence-electron chi connectivity index (χ3n) is 3.08. The summed E-state index contributed by atoms with van der Waals surface area (Å²) in [5.41, 5.74) is 2.76. The molecule has 2 aromatic carbocycles. The Kier molecular flexibility index (Phi) is 5.57. The van der Waals surface area contributed by atoms with Gasteiger partial charge in [0.05, 0.1) is 15.1 Å². The van der Waals surface area contributed by atoms with Gasteiger partial charge >= 0.3 is 0 Å². The number of nitrogens with one attached hydrogen (secondary N) is 1. The van der Waals surface area contributed by atoms with Gasteiger partial charge in [0.2, 0.25) is 0 Å². The van der Waals surface area contributed by atoms with E-state index in [2.05, 4.69) is 5.32 Å². The fourth-order valence-corrected chi connectivity index (χ4v) is 2.54. The van der Waals surface area contributed by atoms with E-state index in [0.29, 0.717) is 20.8 Å². The number of rotatable bonds is 4. The third kappa shape index (κ3) is 4.07. The fraction of sp³-hybridized carbons (Fsp3) is 0.188. The van der Waals surface area contributed by atoms with Gasteiger partial charge in [0.25, 0.3) is 5.91 Å². The van der Waals surface area contributed by atoms with Crippen LogP contribution < -0.4 is 10.1 Å². The zero-order valence-electron chi connectivity index (χ0n) is 12.0. The second-order valence-corrected chi connectivity index (χ2v) is 6.02. The number of ether oxygens (including phenoxy) is 1. The fourth-order valence-electron chi connectivity index (χ4n) is 1.95. The smallest absolute Gasteiger partial charge is 0.262 e. The normalized spacial score (nSPS) is 10.4. The standard InChI is InChI=1S/C16H14Cl3NO2/c1-9-4-3-5-10(2)16(9)20-15(21)8-22-14-7-12(18)11(17)6-13(14)19/h3-7H,8H2,1-2H3,(H,20,21). The Morgan fingerprint density at radius 1 is 1.05 bits per heavy atom. The lowest BCUT2D eigenvalue weighted by molar-refractivity contribution is -0.118. The highest BCUT2D eigenvalue weighted by Crippen LogP contribution is 2.33. The summed E-state index contributed by atoms with van der Waals surface area (Å²) < 4.78 is 5.40. The second-order valence-electron chi connectivity index (χ2n) is 4.80. The van der Waals surface area contributed by atoms with Crippen LogP contribution in [0, 0.1) is 13.8 Å². The zero-order valence-corrected chi connectivity index (χ0v) is 14.3. The summed E-state index contributed by atoms with van der Waals surface area (Å²) in [6.07, 6.45) is 0. The van der Waals surface area contributed by atoms with Gasteiger partial charge < -0.3 is 10.1 Å². The number of carbonyl (C=O) groups is 1. The number of hydrogen-bond donors (Lipinski definition) is 1. The zero-order chi connectivity index (χ0) is 16.3. The molecule has 116 valence electrons. The molecule has 0 unspecified atom stereocenters. The summed E-state index contributed by atoms with van der Waals surface area (Å²) in [7, 11) is 0. The van der Waals surface area contributed by atoms with Crippen LogP contribution in [0.3, 0.4) is 0 Å². The highest BCUT2D eigenvalue weighted by atomic mass is 35.5. The maximum absolute atomic E-state index is 12.0. The van der Waals surface area contributed by atoms with Crippen molar-refractivity contribution in [2.45, 2.75) is 13.8 Å². The second kappa shape index (κ2) is 7.23. The summed E-state index contributed by atoms with van der Waals surface area (Å²) in [6, 6.07) is 8.76. The Labute approximate surface area is 144 Å². The predicted octanol–water partition coefficient (Wildman–Crippen LogP) is 5.28. The topological polar surface area (TPSA) is 38.3 Å². The van der Waals surface area contributed by atoms with Gasteiger partial charge in [-0.2, -0.15) is 0 Å². The maximum atomic E-state index is 12.0. The molecule has 0 spiro atoms. The molecular formula is C16H14Cl3NO2. The molecular weight excluding hydrogens is 345 g/mol. The van der Waals surface area contributed by atoms with Gasteiger partial charge in [0, 0.05) is 11.8 Å². The minimum atomic E-state index is -0.278. The van der Waals surface area contributed by atoms with Crippen molar-refractivity contribution in [2.24, 2.45) is 0 Å². The van der Waals surface area contributed by atoms with Gasteiger partial charge in [-0.15, -0.1) is 0 Å². The van der Waals surface area contributed by atoms with Crippen LogP contribution >= 0.6 is 34.8 Å². The van der Waals surface area contributed by atoms with Crippen LogP contribution in [0.5, 0.6) is 5.75 Å². The van der Waals surface area contributed by atoms with Gasteiger partial charge in [-0.3, -0.25) is 4.79 Å². The third-order valence-corrected chi connectivity index (χ3v) is 4.10. The number of amides is 1. The van der Waals surface area contributed by atoms with Gasteiger partial charge in [-0.1, -0.05) is 53.0 Å². The highest BCUT2D eigenvalue weighted by Gasteiger charge is 2.11. The summed E-state index contributed by atoms with van der Waals surface area (Å²) in [5, 5.41) is 3.78. The Bertz CT molecular complexity index is 697. The lowest BCUT2D eigenvalue weighted by Crippen LogP contribution is -2.21. The SMILES string of the molecule is Cc1cccc(C)c1NC(=O)COc1cc(Cl)c(Cl)cc1Cl. The van der Waals surface area contributed by atoms with Crippen LogP contribution in [-0.2, 0) is 4.79 Å². The number of benzene rings is 2. The van der Waals surface area contributed by atoms with Crippen molar-refractivity contribution < 1.29 is 9.53 Å². The average Bonchev–Trinajstić information content (AvgIpc) is 2.45. The Hall–Kier alpha value is -1.42. The average molecular weight is 359 g/mol. The van der Waals surface area contributed by atoms with E-state index in [1.165, 1.54) is 12.1 Å². The summed E-state index contributed by atoms with van der Waals surface area (Å²) >= 11 is 17.7. The lowest BCUT2D eigenvalue weighted by atomic mass is 10.1. The van der Waals surface area contributed by atoms with Crippen LogP contribution in [0.1, 0.15) is 11.1 Å². The van der Waals surface area contributed by atoms with Crippen molar-refractivity contribution in [2.75, 3.05) is 11.9 Å². The van der Waals surface area contributed by atoms with Crippen molar-refractivity contribution in [3.05, 3.63) is 56.5 Å². The molecule has 0 fully saturated rings. The van der Waals surface area contributed by atoms with E-state index in [4.69, 9.17) is 39.5 Å². The molecule has 0 atom stereocenters. The molecule has 1 amide bonds. The van der Waals surface area contributed by atoms with Crippen LogP contribution in [0.25, 0.3) is 0 Å². The highest BCUT2D eigenvalue weighted by molar-refractivity contribution is 6.43. The van der Waals surface area contributed by atoms with Gasteiger partial charge in [0.1, 0.15) is 5.75 Å². The minimum Gasteiger partial charge on any atom is -0.482 e. The van der Waals surface area contributed by atoms with Crippen LogP contribution in [0.2, 0.25) is 15.1 Å². The molecule has 0 aliphatic heterocycles. The van der Waals surface area contributed by atoms with Crippen molar-refractivity contribution >= 4 is 46.4 Å². The van der Waals surface area contributed by atoms with E-state index in [-0.39, 0.29) is 12.5 Å². The van der Waals surface area contributed by atoms with Crippen molar-refractivity contribution in [1.82, 2.24) is 0 Å². The lowest BCUT2D eigenvalue weighted by Gasteiger charge is -2.13. The summed E-state index contributed by atoms with van der Waals surface area (Å²) in [5.74, 6) is 0.0345. The Balaban J connectivity index is 2.03. The number of para-hydroxylation sites is 1. The van der Waals surface area contributed by atoms with Crippen LogP contribution in [0.4, 0.5) is 5.69 Å². The number of halogens is 3. The van der Waals surface area contributed by atoms with Crippen molar-refractivity contribution in [3.63, 3.8) is 0 Å². The minimum absolute atomic E-state index is 0.175. The first-order chi connectivity index (χ1) is 10.4. The molecule has 2 aromatic rings. The molecule has 3 nitrogen and oxygen atoms in total. The molecule has 0 bridgehead atoms. The Morgan fingerprint density at radius 3 is 2.27 bits per heavy atom. The molecule has 0 saturated carbocycles. The number of anilines is 1. The predicted molar refractivity (Wildman–Crippen MR) is 91.5 cm³/mol. The van der Waals surface area contributed by atoms with Gasteiger partial charge in [-0.05, 0) is 31.0 Å². The quantitative estimate of drug-likeness (QED) is 0.755. The van der Waals surface area contributed by atoms with Crippen molar-refractivity contribution in [1.29, 1.82) is 0 Å². The molecule has 1 N–H and O–H groups in total. The maximum Gasteiger partial charge on any atom is 0.262 e. The number of carbonyl (C=O) groups excluding carboxylic acids is 1. The van der Waals surface area contributed by atoms with E-state index < -0.39 is 0 Å². The molecule has 0 saturated heterocycles. The molecule has 0 aromatic heterocycles. The van der Waals surface area contributed by atoms with Crippen molar-refractivity contribution in [3.8, 4) is 5.75 Å². The molecule has 0 aliphatic carbocycles. The number of aryl methyl sites for hydroxylation is 2. The molecule has 0 aliphatic rings. The molecule has 0 heterocycles. The first-order valence-corrected chi connectivity index (χ1v) is 7.65. The monoisotopic (exact) mass is 357 g/mol. The van der Waals surface area contributed by atoms with E-state index in [9.17, 15) is 4.79 Å². The number of hydrogen-bond acceptors (Lipinski definition) is 2. The molecule has 2 rings (SSSR count). The van der Waals surface area contributed by atoms with Crippen LogP contribution in [0.15, 0.2) is 30.3 Å². The largest absolute Gasteiger partial charge is 0.482 e. The molecule has 6 heteroatoms. The first kappa shape index (κ1) is 16.9. The summed E-state index contributed by atoms with van der Waals surface area (Å²) in [6.45, 7) is 3.68. The van der Waals surface area contributed by atoms with Gasteiger partial charge in [-0.25, -0.2) is 0 Å². The molecule has 22 heavy (non-hydrogen) atoms. The first-order valence-electron chi connectivity index (χ1n) is 6.52. The Morgan fingerprint density at radius 2 is 1.64 bits per heavy atom. The molecule has 0 radical (unpaired) electrons. The van der Waals surface area contributed by atoms with Crippen LogP contribution in [-0.4, -0.2) is 12.5 Å². The van der Waals surface area contributed by atoms with Gasteiger partial charge in [0.15, 0.2) is 6.61 Å². The van der Waals surface area contributed by atoms with E-state index in [1.54, 1.807) is 0 Å². The van der Waals surface area contributed by atoms with E-state index in [0.717, 1.165) is 16.8 Å².